The van der Waals surface area contributed by atoms with Crippen LogP contribution in [0.3, 0.4) is 0 Å². The van der Waals surface area contributed by atoms with Gasteiger partial charge in [0.15, 0.2) is 23.8 Å². The number of esters is 1. The van der Waals surface area contributed by atoms with Crippen molar-refractivity contribution in [2.24, 2.45) is 0 Å². The number of aryl methyl sites for hydroxylation is 2. The van der Waals surface area contributed by atoms with Crippen LogP contribution in [0.25, 0.3) is 22.5 Å². The van der Waals surface area contributed by atoms with Crippen molar-refractivity contribution in [3.05, 3.63) is 93.4 Å². The fourth-order valence-corrected chi connectivity index (χ4v) is 4.88. The average molecular weight is 601 g/mol. The van der Waals surface area contributed by atoms with Crippen molar-refractivity contribution < 1.29 is 23.5 Å². The first-order valence-corrected chi connectivity index (χ1v) is 14.5. The normalized spacial score (nSPS) is 11.8. The number of carbonyl (C=O) groups is 1. The van der Waals surface area contributed by atoms with Crippen LogP contribution in [0.5, 0.6) is 0 Å². The van der Waals surface area contributed by atoms with Gasteiger partial charge in [0.2, 0.25) is 5.82 Å². The topological polar surface area (TPSA) is 151 Å². The highest BCUT2D eigenvalue weighted by Crippen LogP contribution is 2.31. The molecule has 0 saturated carbocycles. The Bertz CT molecular complexity index is 1820. The number of aliphatic hydroxyl groups is 1. The van der Waals surface area contributed by atoms with E-state index >= 15 is 0 Å². The Hall–Kier alpha value is -4.84. The highest BCUT2D eigenvalue weighted by atomic mass is 16.6. The summed E-state index contributed by atoms with van der Waals surface area (Å²) in [6.45, 7) is 10.7. The molecule has 0 fully saturated rings. The molecule has 5 rings (SSSR count). The van der Waals surface area contributed by atoms with Crippen LogP contribution in [0, 0.1) is 6.92 Å². The predicted molar refractivity (Wildman–Crippen MR) is 161 cm³/mol. The third-order valence-corrected chi connectivity index (χ3v) is 7.13. The van der Waals surface area contributed by atoms with E-state index in [0.717, 1.165) is 28.7 Å². The summed E-state index contributed by atoms with van der Waals surface area (Å²) in [5.41, 5.74) is 2.65. The van der Waals surface area contributed by atoms with Crippen LogP contribution >= 0.6 is 0 Å². The van der Waals surface area contributed by atoms with Crippen molar-refractivity contribution in [3.63, 3.8) is 0 Å². The second-order valence-corrected chi connectivity index (χ2v) is 11.4. The molecule has 5 aromatic rings. The predicted octanol–water partition coefficient (Wildman–Crippen LogP) is 5.22. The van der Waals surface area contributed by atoms with Crippen LogP contribution in [-0.2, 0) is 29.9 Å². The van der Waals surface area contributed by atoms with Gasteiger partial charge < -0.3 is 23.2 Å². The van der Waals surface area contributed by atoms with Gasteiger partial charge in [0.05, 0.1) is 6.04 Å². The Morgan fingerprint density at radius 1 is 1.07 bits per heavy atom. The molecule has 1 N–H and O–H groups in total. The van der Waals surface area contributed by atoms with E-state index in [1.165, 1.54) is 0 Å². The molecule has 0 radical (unpaired) electrons. The lowest BCUT2D eigenvalue weighted by atomic mass is 9.98. The van der Waals surface area contributed by atoms with Gasteiger partial charge in [-0.2, -0.15) is 4.80 Å². The Morgan fingerprint density at radius 3 is 2.36 bits per heavy atom. The molecule has 230 valence electrons. The molecule has 12 nitrogen and oxygen atoms in total. The van der Waals surface area contributed by atoms with E-state index in [4.69, 9.17) is 13.6 Å². The number of imidazole rings is 1. The van der Waals surface area contributed by atoms with Gasteiger partial charge in [-0.3, -0.25) is 0 Å². The minimum Gasteiger partial charge on any atom is -0.453 e. The van der Waals surface area contributed by atoms with E-state index in [2.05, 4.69) is 20.4 Å². The second kappa shape index (κ2) is 12.4. The number of ether oxygens (including phenoxy) is 1. The molecule has 0 saturated heterocycles. The number of aromatic nitrogens is 6. The molecule has 0 aliphatic rings. The van der Waals surface area contributed by atoms with E-state index in [1.54, 1.807) is 30.1 Å². The van der Waals surface area contributed by atoms with Gasteiger partial charge >= 0.3 is 11.8 Å². The Morgan fingerprint density at radius 2 is 1.77 bits per heavy atom. The number of carbonyl (C=O) groups excluding carboxylic acids is 1. The van der Waals surface area contributed by atoms with E-state index in [-0.39, 0.29) is 35.6 Å². The van der Waals surface area contributed by atoms with Crippen LogP contribution in [0.2, 0.25) is 0 Å². The van der Waals surface area contributed by atoms with E-state index < -0.39 is 17.4 Å². The Balaban J connectivity index is 1.47. The van der Waals surface area contributed by atoms with Gasteiger partial charge in [0, 0.05) is 18.5 Å². The van der Waals surface area contributed by atoms with Crippen molar-refractivity contribution >= 4 is 5.97 Å². The van der Waals surface area contributed by atoms with Gasteiger partial charge in [-0.25, -0.2) is 14.6 Å². The molecule has 0 aliphatic carbocycles. The summed E-state index contributed by atoms with van der Waals surface area (Å²) >= 11 is 0. The lowest BCUT2D eigenvalue weighted by Crippen LogP contribution is -2.23. The first kappa shape index (κ1) is 30.6. The SMILES string of the molecule is CCCc1nc(C(C)(C)O)c(C(=O)OCc2oc(=O)oc2C)n1Cc1ccc(-c2ccccc2-c2nnn(C(C)C)n2)cc1. The Labute approximate surface area is 254 Å². The molecular formula is C32H36N6O6. The summed E-state index contributed by atoms with van der Waals surface area (Å²) in [5.74, 6) is -0.0269. The van der Waals surface area contributed by atoms with E-state index in [0.29, 0.717) is 24.6 Å². The standard InChI is InChI=1S/C32H36N6O6/c1-7-10-26-33-28(32(5,6)41)27(30(39)42-18-25-20(4)43-31(40)44-25)37(26)17-21-13-15-22(16-14-21)23-11-8-9-12-24(23)29-34-36-38(35-29)19(2)3/h8-9,11-16,19,41H,7,10,17-18H2,1-6H3. The van der Waals surface area contributed by atoms with Crippen LogP contribution in [0.4, 0.5) is 0 Å². The number of nitrogens with zero attached hydrogens (tertiary/aromatic N) is 6. The van der Waals surface area contributed by atoms with Crippen LogP contribution in [-0.4, -0.2) is 40.8 Å². The van der Waals surface area contributed by atoms with Crippen molar-refractivity contribution in [3.8, 4) is 22.5 Å². The van der Waals surface area contributed by atoms with Gasteiger partial charge in [-0.1, -0.05) is 55.5 Å². The number of hydrogen-bond acceptors (Lipinski definition) is 10. The summed E-state index contributed by atoms with van der Waals surface area (Å²) < 4.78 is 17.2. The second-order valence-electron chi connectivity index (χ2n) is 11.4. The summed E-state index contributed by atoms with van der Waals surface area (Å²) in [5, 5.41) is 24.0. The number of rotatable bonds is 11. The minimum atomic E-state index is -1.42. The van der Waals surface area contributed by atoms with Crippen LogP contribution in [0.15, 0.2) is 62.2 Å². The van der Waals surface area contributed by atoms with Gasteiger partial charge in [-0.15, -0.1) is 10.2 Å². The molecule has 44 heavy (non-hydrogen) atoms. The fraction of sp³-hybridized carbons (Fsp3) is 0.375. The van der Waals surface area contributed by atoms with Crippen molar-refractivity contribution in [2.45, 2.75) is 79.2 Å². The maximum atomic E-state index is 13.5. The number of hydrogen-bond donors (Lipinski definition) is 1. The Kier molecular flexibility index (Phi) is 8.63. The van der Waals surface area contributed by atoms with Crippen molar-refractivity contribution in [1.82, 2.24) is 29.8 Å². The maximum Gasteiger partial charge on any atom is 0.519 e. The average Bonchev–Trinajstić information content (AvgIpc) is 3.70. The van der Waals surface area contributed by atoms with Crippen molar-refractivity contribution in [1.29, 1.82) is 0 Å². The summed E-state index contributed by atoms with van der Waals surface area (Å²) in [7, 11) is 0. The maximum absolute atomic E-state index is 13.5. The monoisotopic (exact) mass is 600 g/mol. The number of tetrazole rings is 1. The molecule has 2 aromatic carbocycles. The molecule has 12 heteroatoms. The van der Waals surface area contributed by atoms with E-state index in [9.17, 15) is 14.7 Å². The molecule has 0 aliphatic heterocycles. The van der Waals surface area contributed by atoms with Crippen molar-refractivity contribution in [2.75, 3.05) is 0 Å². The first-order valence-electron chi connectivity index (χ1n) is 14.5. The zero-order valence-electron chi connectivity index (χ0n) is 25.7. The summed E-state index contributed by atoms with van der Waals surface area (Å²) in [6, 6.07) is 16.0. The molecule has 3 aromatic heterocycles. The smallest absolute Gasteiger partial charge is 0.453 e. The zero-order valence-corrected chi connectivity index (χ0v) is 25.7. The molecule has 3 heterocycles. The van der Waals surface area contributed by atoms with Crippen LogP contribution < -0.4 is 5.82 Å². The third kappa shape index (κ3) is 6.40. The molecule has 0 spiro atoms. The molecule has 0 amide bonds. The molecule has 0 unspecified atom stereocenters. The van der Waals surface area contributed by atoms with E-state index in [1.807, 2.05) is 69.3 Å². The highest BCUT2D eigenvalue weighted by molar-refractivity contribution is 5.89. The third-order valence-electron chi connectivity index (χ3n) is 7.13. The van der Waals surface area contributed by atoms with Gasteiger partial charge in [0.25, 0.3) is 0 Å². The molecule has 0 atom stereocenters. The largest absolute Gasteiger partial charge is 0.519 e. The lowest BCUT2D eigenvalue weighted by molar-refractivity contribution is 0.0395. The summed E-state index contributed by atoms with van der Waals surface area (Å²) in [4.78, 5) is 31.2. The quantitative estimate of drug-likeness (QED) is 0.200. The van der Waals surface area contributed by atoms with Crippen LogP contribution in [0.1, 0.15) is 86.2 Å². The lowest BCUT2D eigenvalue weighted by Gasteiger charge is -2.17. The first-order chi connectivity index (χ1) is 21.0. The van der Waals surface area contributed by atoms with Gasteiger partial charge in [-0.05, 0) is 62.9 Å². The highest BCUT2D eigenvalue weighted by Gasteiger charge is 2.33. The minimum absolute atomic E-state index is 0.0954. The zero-order chi connectivity index (χ0) is 31.6. The molecule has 0 bridgehead atoms. The van der Waals surface area contributed by atoms with Gasteiger partial charge in [0.1, 0.15) is 17.1 Å². The fourth-order valence-electron chi connectivity index (χ4n) is 4.88. The summed E-state index contributed by atoms with van der Waals surface area (Å²) in [6.07, 6.45) is 1.36. The molecular weight excluding hydrogens is 564 g/mol. The number of benzene rings is 2.